The van der Waals surface area contributed by atoms with Crippen molar-refractivity contribution >= 4 is 17.5 Å². The number of aromatic nitrogens is 1. The molecule has 5 nitrogen and oxygen atoms in total. The number of rotatable bonds is 3. The Morgan fingerprint density at radius 1 is 1.20 bits per heavy atom. The van der Waals surface area contributed by atoms with Crippen molar-refractivity contribution in [3.8, 4) is 0 Å². The Morgan fingerprint density at radius 2 is 2.00 bits per heavy atom. The van der Waals surface area contributed by atoms with Gasteiger partial charge in [-0.3, -0.25) is 19.5 Å². The van der Waals surface area contributed by atoms with E-state index in [-0.39, 0.29) is 24.3 Å². The topological polar surface area (TPSA) is 53.5 Å². The maximum Gasteiger partial charge on any atom is 0.260 e. The first-order chi connectivity index (χ1) is 12.1. The predicted molar refractivity (Wildman–Crippen MR) is 95.4 cm³/mol. The standard InChI is InChI=1S/C20H21N3O2/c1-14-6-4-7-15(12-14)23-17(13-18(24)22-10-2-3-11-22)19-16(20(23)25)8-5-9-21-19/h4-9,12,17H,2-3,10-11,13H2,1H3. The highest BCUT2D eigenvalue weighted by Gasteiger charge is 2.40. The molecule has 4 rings (SSSR count). The fourth-order valence-electron chi connectivity index (χ4n) is 3.78. The smallest absolute Gasteiger partial charge is 0.260 e. The van der Waals surface area contributed by atoms with E-state index in [4.69, 9.17) is 0 Å². The highest BCUT2D eigenvalue weighted by Crippen LogP contribution is 2.38. The molecule has 3 heterocycles. The molecule has 1 aromatic heterocycles. The van der Waals surface area contributed by atoms with Crippen molar-refractivity contribution in [2.24, 2.45) is 0 Å². The number of amides is 2. The Bertz CT molecular complexity index is 827. The fourth-order valence-corrected chi connectivity index (χ4v) is 3.78. The van der Waals surface area contributed by atoms with Gasteiger partial charge in [-0.15, -0.1) is 0 Å². The molecule has 25 heavy (non-hydrogen) atoms. The zero-order chi connectivity index (χ0) is 17.4. The fraction of sp³-hybridized carbons (Fsp3) is 0.350. The first-order valence-corrected chi connectivity index (χ1v) is 8.78. The monoisotopic (exact) mass is 335 g/mol. The Kier molecular flexibility index (Phi) is 3.99. The van der Waals surface area contributed by atoms with Crippen LogP contribution >= 0.6 is 0 Å². The molecule has 5 heteroatoms. The van der Waals surface area contributed by atoms with Gasteiger partial charge in [0, 0.05) is 25.0 Å². The third kappa shape index (κ3) is 2.80. The van der Waals surface area contributed by atoms with Gasteiger partial charge in [-0.2, -0.15) is 0 Å². The minimum Gasteiger partial charge on any atom is -0.343 e. The first-order valence-electron chi connectivity index (χ1n) is 8.78. The lowest BCUT2D eigenvalue weighted by molar-refractivity contribution is -0.130. The molecular formula is C20H21N3O2. The number of aryl methyl sites for hydroxylation is 1. The van der Waals surface area contributed by atoms with E-state index in [1.165, 1.54) is 0 Å². The van der Waals surface area contributed by atoms with Gasteiger partial charge in [0.25, 0.3) is 5.91 Å². The van der Waals surface area contributed by atoms with Crippen LogP contribution in [0.1, 0.15) is 46.9 Å². The number of benzene rings is 1. The minimum absolute atomic E-state index is 0.0760. The van der Waals surface area contributed by atoms with E-state index in [9.17, 15) is 9.59 Å². The van der Waals surface area contributed by atoms with Crippen LogP contribution in [0.15, 0.2) is 42.6 Å². The first kappa shape index (κ1) is 15.8. The van der Waals surface area contributed by atoms with E-state index < -0.39 is 0 Å². The van der Waals surface area contributed by atoms with Crippen LogP contribution in [0.5, 0.6) is 0 Å². The van der Waals surface area contributed by atoms with Crippen LogP contribution in [0.3, 0.4) is 0 Å². The molecule has 0 spiro atoms. The maximum absolute atomic E-state index is 13.0. The van der Waals surface area contributed by atoms with E-state index >= 15 is 0 Å². The number of anilines is 1. The van der Waals surface area contributed by atoms with Crippen molar-refractivity contribution in [2.45, 2.75) is 32.2 Å². The van der Waals surface area contributed by atoms with Crippen molar-refractivity contribution < 1.29 is 9.59 Å². The molecule has 2 aliphatic heterocycles. The van der Waals surface area contributed by atoms with Crippen LogP contribution in [0.4, 0.5) is 5.69 Å². The molecule has 1 atom stereocenters. The number of hydrogen-bond donors (Lipinski definition) is 0. The number of nitrogens with zero attached hydrogens (tertiary/aromatic N) is 3. The molecule has 0 bridgehead atoms. The van der Waals surface area contributed by atoms with Crippen molar-refractivity contribution in [1.82, 2.24) is 9.88 Å². The number of hydrogen-bond acceptors (Lipinski definition) is 3. The Morgan fingerprint density at radius 3 is 2.76 bits per heavy atom. The third-order valence-electron chi connectivity index (χ3n) is 5.02. The minimum atomic E-state index is -0.335. The number of likely N-dealkylation sites (tertiary alicyclic amines) is 1. The summed E-state index contributed by atoms with van der Waals surface area (Å²) in [6, 6.07) is 11.1. The summed E-state index contributed by atoms with van der Waals surface area (Å²) in [6.07, 6.45) is 4.10. The summed E-state index contributed by atoms with van der Waals surface area (Å²) in [5, 5.41) is 0. The summed E-state index contributed by atoms with van der Waals surface area (Å²) in [4.78, 5) is 33.8. The average molecular weight is 335 g/mol. The molecule has 2 amide bonds. The van der Waals surface area contributed by atoms with Crippen LogP contribution < -0.4 is 4.90 Å². The highest BCUT2D eigenvalue weighted by molar-refractivity contribution is 6.11. The molecule has 0 aliphatic carbocycles. The summed E-state index contributed by atoms with van der Waals surface area (Å²) >= 11 is 0. The zero-order valence-electron chi connectivity index (χ0n) is 14.3. The van der Waals surface area contributed by atoms with Gasteiger partial charge in [0.05, 0.1) is 23.7 Å². The quantitative estimate of drug-likeness (QED) is 0.866. The molecule has 0 saturated carbocycles. The molecule has 0 N–H and O–H groups in total. The highest BCUT2D eigenvalue weighted by atomic mass is 16.2. The van der Waals surface area contributed by atoms with Crippen LogP contribution in [-0.4, -0.2) is 34.8 Å². The van der Waals surface area contributed by atoms with Crippen LogP contribution in [-0.2, 0) is 4.79 Å². The Labute approximate surface area is 147 Å². The van der Waals surface area contributed by atoms with Crippen molar-refractivity contribution in [3.05, 3.63) is 59.4 Å². The Hall–Kier alpha value is -2.69. The lowest BCUT2D eigenvalue weighted by Crippen LogP contribution is -2.34. The number of pyridine rings is 1. The van der Waals surface area contributed by atoms with Crippen LogP contribution in [0.2, 0.25) is 0 Å². The van der Waals surface area contributed by atoms with Crippen LogP contribution in [0, 0.1) is 6.92 Å². The van der Waals surface area contributed by atoms with Crippen LogP contribution in [0.25, 0.3) is 0 Å². The van der Waals surface area contributed by atoms with E-state index in [1.54, 1.807) is 23.2 Å². The number of carbonyl (C=O) groups is 2. The zero-order valence-corrected chi connectivity index (χ0v) is 14.3. The summed E-state index contributed by atoms with van der Waals surface area (Å²) in [6.45, 7) is 3.64. The summed E-state index contributed by atoms with van der Waals surface area (Å²) in [5.41, 5.74) is 3.21. The van der Waals surface area contributed by atoms with Gasteiger partial charge in [0.15, 0.2) is 0 Å². The molecule has 2 aliphatic rings. The third-order valence-corrected chi connectivity index (χ3v) is 5.02. The van der Waals surface area contributed by atoms with E-state index in [0.717, 1.165) is 37.2 Å². The molecule has 1 fully saturated rings. The largest absolute Gasteiger partial charge is 0.343 e. The number of carbonyl (C=O) groups excluding carboxylic acids is 2. The second kappa shape index (κ2) is 6.31. The molecule has 2 aromatic rings. The molecule has 1 unspecified atom stereocenters. The van der Waals surface area contributed by atoms with Crippen molar-refractivity contribution in [1.29, 1.82) is 0 Å². The normalized spacial score (nSPS) is 19.4. The van der Waals surface area contributed by atoms with Crippen molar-refractivity contribution in [3.63, 3.8) is 0 Å². The van der Waals surface area contributed by atoms with E-state index in [0.29, 0.717) is 11.3 Å². The van der Waals surface area contributed by atoms with Gasteiger partial charge >= 0.3 is 0 Å². The molecule has 0 radical (unpaired) electrons. The lowest BCUT2D eigenvalue weighted by Gasteiger charge is -2.26. The average Bonchev–Trinajstić information content (AvgIpc) is 3.23. The molecule has 1 aromatic carbocycles. The summed E-state index contributed by atoms with van der Waals surface area (Å²) < 4.78 is 0. The molecule has 128 valence electrons. The van der Waals surface area contributed by atoms with Gasteiger partial charge in [-0.1, -0.05) is 12.1 Å². The second-order valence-corrected chi connectivity index (χ2v) is 6.76. The van der Waals surface area contributed by atoms with Gasteiger partial charge < -0.3 is 4.90 Å². The van der Waals surface area contributed by atoms with Gasteiger partial charge in [0.2, 0.25) is 5.91 Å². The Balaban J connectivity index is 1.71. The van der Waals surface area contributed by atoms with E-state index in [2.05, 4.69) is 4.98 Å². The van der Waals surface area contributed by atoms with E-state index in [1.807, 2.05) is 36.1 Å². The van der Waals surface area contributed by atoms with Gasteiger partial charge in [-0.05, 0) is 49.6 Å². The van der Waals surface area contributed by atoms with Gasteiger partial charge in [-0.25, -0.2) is 0 Å². The molecule has 1 saturated heterocycles. The SMILES string of the molecule is Cc1cccc(N2C(=O)c3cccnc3C2CC(=O)N2CCCC2)c1. The maximum atomic E-state index is 13.0. The molecular weight excluding hydrogens is 314 g/mol. The predicted octanol–water partition coefficient (Wildman–Crippen LogP) is 3.10. The van der Waals surface area contributed by atoms with Gasteiger partial charge in [0.1, 0.15) is 0 Å². The summed E-state index contributed by atoms with van der Waals surface area (Å²) in [7, 11) is 0. The van der Waals surface area contributed by atoms with Crippen molar-refractivity contribution in [2.75, 3.05) is 18.0 Å². The summed E-state index contributed by atoms with van der Waals surface area (Å²) in [5.74, 6) is 0.0272. The second-order valence-electron chi connectivity index (χ2n) is 6.76. The number of fused-ring (bicyclic) bond motifs is 1. The lowest BCUT2D eigenvalue weighted by atomic mass is 10.1.